The summed E-state index contributed by atoms with van der Waals surface area (Å²) >= 11 is 0. The predicted octanol–water partition coefficient (Wildman–Crippen LogP) is 4.92. The van der Waals surface area contributed by atoms with Gasteiger partial charge in [-0.3, -0.25) is 0 Å². The molecule has 2 unspecified atom stereocenters. The van der Waals surface area contributed by atoms with E-state index in [0.29, 0.717) is 11.5 Å². The number of hydrogen-bond acceptors (Lipinski definition) is 6. The van der Waals surface area contributed by atoms with Crippen LogP contribution in [0.3, 0.4) is 0 Å². The topological polar surface area (TPSA) is 71.1 Å². The maximum atomic E-state index is 11.5. The molecule has 2 aromatic rings. The number of esters is 2. The minimum Gasteiger partial charge on any atom is -0.455 e. The van der Waals surface area contributed by atoms with E-state index in [0.717, 1.165) is 23.3 Å². The highest BCUT2D eigenvalue weighted by molar-refractivity contribution is 5.81. The summed E-state index contributed by atoms with van der Waals surface area (Å²) in [6.07, 6.45) is 0.576. The molecule has 0 radical (unpaired) electrons. The quantitative estimate of drug-likeness (QED) is 0.306. The van der Waals surface area contributed by atoms with Gasteiger partial charge in [0.05, 0.1) is 0 Å². The van der Waals surface area contributed by atoms with Crippen molar-refractivity contribution < 1.29 is 28.5 Å². The van der Waals surface area contributed by atoms with Crippen LogP contribution < -0.4 is 9.47 Å². The molecular formula is C25H28O6. The summed E-state index contributed by atoms with van der Waals surface area (Å²) in [6, 6.07) is 15.0. The first-order valence-electron chi connectivity index (χ1n) is 9.87. The first kappa shape index (κ1) is 23.7. The third-order valence-electron chi connectivity index (χ3n) is 4.60. The third kappa shape index (κ3) is 6.22. The highest BCUT2D eigenvalue weighted by Gasteiger charge is 2.30. The highest BCUT2D eigenvalue weighted by Crippen LogP contribution is 2.41. The maximum Gasteiger partial charge on any atom is 0.333 e. The van der Waals surface area contributed by atoms with Crippen LogP contribution in [0.2, 0.25) is 0 Å². The fourth-order valence-electron chi connectivity index (χ4n) is 3.15. The Labute approximate surface area is 183 Å². The number of hydrogen-bond donors (Lipinski definition) is 0. The van der Waals surface area contributed by atoms with Crippen molar-refractivity contribution >= 4 is 11.9 Å². The minimum atomic E-state index is -0.799. The van der Waals surface area contributed by atoms with Gasteiger partial charge in [-0.2, -0.15) is 0 Å². The molecule has 2 atom stereocenters. The van der Waals surface area contributed by atoms with Crippen LogP contribution in [0.1, 0.15) is 38.8 Å². The van der Waals surface area contributed by atoms with Crippen LogP contribution in [-0.4, -0.2) is 24.5 Å². The number of carbonyl (C=O) groups is 2. The van der Waals surface area contributed by atoms with Crippen LogP contribution in [0.4, 0.5) is 0 Å². The molecule has 0 N–H and O–H groups in total. The van der Waals surface area contributed by atoms with Crippen molar-refractivity contribution in [1.82, 2.24) is 0 Å². The molecule has 2 aromatic carbocycles. The lowest BCUT2D eigenvalue weighted by atomic mass is 9.77. The minimum absolute atomic E-state index is 0.558. The lowest BCUT2D eigenvalue weighted by molar-refractivity contribution is -0.156. The molecule has 0 saturated heterocycles. The van der Waals surface area contributed by atoms with Gasteiger partial charge in [0.1, 0.15) is 11.5 Å². The smallest absolute Gasteiger partial charge is 0.333 e. The molecule has 0 saturated carbocycles. The summed E-state index contributed by atoms with van der Waals surface area (Å²) in [5, 5.41) is 0. The van der Waals surface area contributed by atoms with Crippen LogP contribution >= 0.6 is 0 Å². The number of benzene rings is 2. The Morgan fingerprint density at radius 3 is 1.48 bits per heavy atom. The number of carbonyl (C=O) groups excluding carboxylic acids is 2. The van der Waals surface area contributed by atoms with Gasteiger partial charge in [-0.1, -0.05) is 63.4 Å². The molecule has 0 aromatic heterocycles. The molecule has 6 heteroatoms. The average Bonchev–Trinajstić information content (AvgIpc) is 2.73. The summed E-state index contributed by atoms with van der Waals surface area (Å²) in [6.45, 7) is 14.1. The highest BCUT2D eigenvalue weighted by atomic mass is 16.7. The van der Waals surface area contributed by atoms with E-state index in [1.54, 1.807) is 13.8 Å². The summed E-state index contributed by atoms with van der Waals surface area (Å²) in [5.41, 5.74) is 1.17. The van der Waals surface area contributed by atoms with Gasteiger partial charge in [0.15, 0.2) is 0 Å². The molecular weight excluding hydrogens is 396 g/mol. The molecule has 2 rings (SSSR count). The fraction of sp³-hybridized carbons (Fsp3) is 0.280. The van der Waals surface area contributed by atoms with Gasteiger partial charge in [0.2, 0.25) is 12.6 Å². The Bertz CT molecular complexity index is 871. The van der Waals surface area contributed by atoms with Crippen molar-refractivity contribution in [2.75, 3.05) is 0 Å². The molecule has 0 spiro atoms. The van der Waals surface area contributed by atoms with Crippen LogP contribution in [0.25, 0.3) is 0 Å². The molecule has 0 heterocycles. The first-order valence-corrected chi connectivity index (χ1v) is 9.87. The Hall–Kier alpha value is -3.54. The third-order valence-corrected chi connectivity index (χ3v) is 4.60. The van der Waals surface area contributed by atoms with E-state index in [1.807, 2.05) is 62.4 Å². The van der Waals surface area contributed by atoms with Gasteiger partial charge in [0.25, 0.3) is 0 Å². The van der Waals surface area contributed by atoms with Crippen molar-refractivity contribution in [2.24, 2.45) is 0 Å². The monoisotopic (exact) mass is 424 g/mol. The molecule has 0 amide bonds. The Balaban J connectivity index is 2.36. The van der Waals surface area contributed by atoms with Crippen LogP contribution in [-0.2, 0) is 24.5 Å². The van der Waals surface area contributed by atoms with E-state index >= 15 is 0 Å². The van der Waals surface area contributed by atoms with Gasteiger partial charge in [-0.15, -0.1) is 0 Å². The summed E-state index contributed by atoms with van der Waals surface area (Å²) < 4.78 is 22.1. The van der Waals surface area contributed by atoms with E-state index in [4.69, 9.17) is 18.9 Å². The van der Waals surface area contributed by atoms with E-state index in [2.05, 4.69) is 13.2 Å². The van der Waals surface area contributed by atoms with E-state index in [1.165, 1.54) is 0 Å². The maximum absolute atomic E-state index is 11.5. The predicted molar refractivity (Wildman–Crippen MR) is 118 cm³/mol. The van der Waals surface area contributed by atoms with Crippen molar-refractivity contribution in [3.05, 3.63) is 85.0 Å². The van der Waals surface area contributed by atoms with Crippen LogP contribution in [0, 0.1) is 0 Å². The van der Waals surface area contributed by atoms with E-state index in [-0.39, 0.29) is 0 Å². The molecule has 164 valence electrons. The SMILES string of the molecule is C=CC(=O)OC(C)Oc1ccccc1C(C)(C)c1ccccc1OC(C)OC(=O)C=C. The number of para-hydroxylation sites is 2. The first-order chi connectivity index (χ1) is 14.7. The van der Waals surface area contributed by atoms with Crippen molar-refractivity contribution in [1.29, 1.82) is 0 Å². The zero-order chi connectivity index (χ0) is 23.0. The fourth-order valence-corrected chi connectivity index (χ4v) is 3.15. The molecule has 0 bridgehead atoms. The summed E-state index contributed by atoms with van der Waals surface area (Å²) in [4.78, 5) is 23.0. The molecule has 0 aliphatic carbocycles. The van der Waals surface area contributed by atoms with Gasteiger partial charge >= 0.3 is 11.9 Å². The molecule has 0 fully saturated rings. The van der Waals surface area contributed by atoms with Crippen molar-refractivity contribution in [3.8, 4) is 11.5 Å². The number of rotatable bonds is 10. The second-order valence-corrected chi connectivity index (χ2v) is 7.27. The second-order valence-electron chi connectivity index (χ2n) is 7.27. The zero-order valence-corrected chi connectivity index (χ0v) is 18.3. The van der Waals surface area contributed by atoms with Crippen molar-refractivity contribution in [2.45, 2.75) is 45.7 Å². The molecule has 31 heavy (non-hydrogen) atoms. The lowest BCUT2D eigenvalue weighted by Gasteiger charge is -2.31. The van der Waals surface area contributed by atoms with Gasteiger partial charge < -0.3 is 18.9 Å². The van der Waals surface area contributed by atoms with Gasteiger partial charge in [0, 0.05) is 42.5 Å². The van der Waals surface area contributed by atoms with Crippen molar-refractivity contribution in [3.63, 3.8) is 0 Å². The second kappa shape index (κ2) is 10.5. The summed E-state index contributed by atoms with van der Waals surface area (Å²) in [5.74, 6) is 0.00712. The Morgan fingerprint density at radius 1 is 0.774 bits per heavy atom. The largest absolute Gasteiger partial charge is 0.455 e. The van der Waals surface area contributed by atoms with Crippen LogP contribution in [0.15, 0.2) is 73.8 Å². The zero-order valence-electron chi connectivity index (χ0n) is 18.3. The molecule has 0 aliphatic rings. The van der Waals surface area contributed by atoms with Gasteiger partial charge in [-0.25, -0.2) is 9.59 Å². The van der Waals surface area contributed by atoms with E-state index < -0.39 is 29.9 Å². The van der Waals surface area contributed by atoms with Gasteiger partial charge in [-0.05, 0) is 12.1 Å². The Morgan fingerprint density at radius 2 is 1.13 bits per heavy atom. The average molecular weight is 424 g/mol. The lowest BCUT2D eigenvalue weighted by Crippen LogP contribution is -2.26. The standard InChI is InChI=1S/C25H28O6/c1-7-23(26)30-17(3)28-21-15-11-9-13-19(21)25(5,6)20-14-10-12-16-22(20)29-18(4)31-24(27)8-2/h7-18H,1-2H2,3-6H3. The summed E-state index contributed by atoms with van der Waals surface area (Å²) in [7, 11) is 0. The van der Waals surface area contributed by atoms with Crippen LogP contribution in [0.5, 0.6) is 11.5 Å². The number of ether oxygens (including phenoxy) is 4. The van der Waals surface area contributed by atoms with E-state index in [9.17, 15) is 9.59 Å². The molecule has 6 nitrogen and oxygen atoms in total. The normalized spacial score (nSPS) is 12.8. The Kier molecular flexibility index (Phi) is 8.02. The molecule has 0 aliphatic heterocycles.